The van der Waals surface area contributed by atoms with E-state index in [4.69, 9.17) is 9.47 Å². The van der Waals surface area contributed by atoms with Crippen LogP contribution in [-0.2, 0) is 14.3 Å². The number of carbonyl (C=O) groups is 1. The van der Waals surface area contributed by atoms with Crippen LogP contribution in [0.3, 0.4) is 0 Å². The Kier molecular flexibility index (Phi) is 2.58. The lowest BCUT2D eigenvalue weighted by atomic mass is 9.96. The molecule has 2 bridgehead atoms. The van der Waals surface area contributed by atoms with Crippen LogP contribution in [0.5, 0.6) is 0 Å². The number of carbonyl (C=O) groups excluding carboxylic acids is 1. The minimum absolute atomic E-state index is 0.0479. The van der Waals surface area contributed by atoms with Gasteiger partial charge in [-0.15, -0.1) is 5.73 Å². The second kappa shape index (κ2) is 4.08. The van der Waals surface area contributed by atoms with E-state index < -0.39 is 0 Å². The van der Waals surface area contributed by atoms with Crippen molar-refractivity contribution in [3.8, 4) is 0 Å². The Morgan fingerprint density at radius 2 is 2.50 bits per heavy atom. The van der Waals surface area contributed by atoms with Crippen LogP contribution in [0.15, 0.2) is 17.4 Å². The van der Waals surface area contributed by atoms with E-state index in [2.05, 4.69) is 5.73 Å². The molecule has 0 radical (unpaired) electrons. The van der Waals surface area contributed by atoms with E-state index in [9.17, 15) is 4.79 Å². The van der Waals surface area contributed by atoms with E-state index >= 15 is 0 Å². The van der Waals surface area contributed by atoms with Gasteiger partial charge in [0, 0.05) is 12.5 Å². The maximum absolute atomic E-state index is 11.9. The first-order valence-electron chi connectivity index (χ1n) is 6.06. The average Bonchev–Trinajstić information content (AvgIpc) is 3.01. The summed E-state index contributed by atoms with van der Waals surface area (Å²) in [5.74, 6) is 0.359. The standard InChI is InChI=1S/C13H16O3/c14-13(16-8-11-2-1-5-15-11)12-7-9-3-4-10(12)6-9/h4,10-12H,1-2,5-8H2. The zero-order valence-electron chi connectivity index (χ0n) is 9.28. The first kappa shape index (κ1) is 10.1. The maximum Gasteiger partial charge on any atom is 0.310 e. The molecule has 0 aromatic carbocycles. The van der Waals surface area contributed by atoms with Gasteiger partial charge in [0.15, 0.2) is 0 Å². The van der Waals surface area contributed by atoms with Crippen molar-refractivity contribution in [2.75, 3.05) is 13.2 Å². The molecule has 3 unspecified atom stereocenters. The molecule has 2 aliphatic carbocycles. The Balaban J connectivity index is 1.49. The fourth-order valence-electron chi connectivity index (χ4n) is 2.76. The first-order chi connectivity index (χ1) is 7.83. The highest BCUT2D eigenvalue weighted by atomic mass is 16.6. The van der Waals surface area contributed by atoms with E-state index in [1.54, 1.807) is 0 Å². The molecular formula is C13H16O3. The first-order valence-corrected chi connectivity index (χ1v) is 6.06. The van der Waals surface area contributed by atoms with E-state index in [0.29, 0.717) is 12.5 Å². The number of allylic oxidation sites excluding steroid dienone is 1. The van der Waals surface area contributed by atoms with E-state index in [-0.39, 0.29) is 18.0 Å². The molecule has 3 heteroatoms. The average molecular weight is 220 g/mol. The van der Waals surface area contributed by atoms with Gasteiger partial charge >= 0.3 is 5.97 Å². The van der Waals surface area contributed by atoms with Gasteiger partial charge in [-0.2, -0.15) is 0 Å². The monoisotopic (exact) mass is 220 g/mol. The zero-order valence-corrected chi connectivity index (χ0v) is 9.28. The summed E-state index contributed by atoms with van der Waals surface area (Å²) in [6, 6.07) is 0. The van der Waals surface area contributed by atoms with Gasteiger partial charge < -0.3 is 9.47 Å². The Labute approximate surface area is 95.1 Å². The van der Waals surface area contributed by atoms with Crippen LogP contribution in [0.2, 0.25) is 0 Å². The molecule has 0 spiro atoms. The van der Waals surface area contributed by atoms with Gasteiger partial charge in [-0.3, -0.25) is 4.79 Å². The fraction of sp³-hybridized carbons (Fsp3) is 0.692. The van der Waals surface area contributed by atoms with Gasteiger partial charge in [0.2, 0.25) is 0 Å². The van der Waals surface area contributed by atoms with Gasteiger partial charge in [-0.1, -0.05) is 0 Å². The van der Waals surface area contributed by atoms with Crippen molar-refractivity contribution in [1.29, 1.82) is 0 Å². The van der Waals surface area contributed by atoms with Crippen LogP contribution < -0.4 is 0 Å². The van der Waals surface area contributed by atoms with E-state index in [1.807, 2.05) is 6.08 Å². The van der Waals surface area contributed by atoms with Crippen molar-refractivity contribution in [1.82, 2.24) is 0 Å². The van der Waals surface area contributed by atoms with Crippen LogP contribution in [0.1, 0.15) is 25.7 Å². The van der Waals surface area contributed by atoms with Gasteiger partial charge in [0.1, 0.15) is 6.61 Å². The molecule has 86 valence electrons. The third-order valence-corrected chi connectivity index (χ3v) is 3.70. The maximum atomic E-state index is 11.9. The van der Waals surface area contributed by atoms with Gasteiger partial charge in [-0.25, -0.2) is 0 Å². The van der Waals surface area contributed by atoms with Gasteiger partial charge in [-0.05, 0) is 37.3 Å². The number of esters is 1. The summed E-state index contributed by atoms with van der Waals surface area (Å²) in [4.78, 5) is 11.9. The van der Waals surface area contributed by atoms with Gasteiger partial charge in [0.25, 0.3) is 0 Å². The highest BCUT2D eigenvalue weighted by molar-refractivity contribution is 5.74. The minimum Gasteiger partial charge on any atom is -0.463 e. The SMILES string of the molecule is O=C(OCC1CCCO1)C1CC2=C=CC1C2. The summed E-state index contributed by atoms with van der Waals surface area (Å²) in [5, 5.41) is 0. The third-order valence-electron chi connectivity index (χ3n) is 3.70. The lowest BCUT2D eigenvalue weighted by Gasteiger charge is -2.16. The van der Waals surface area contributed by atoms with Crippen molar-refractivity contribution < 1.29 is 14.3 Å². The van der Waals surface area contributed by atoms with Crippen LogP contribution >= 0.6 is 0 Å². The number of ether oxygens (including phenoxy) is 2. The molecule has 16 heavy (non-hydrogen) atoms. The Bertz CT molecular complexity index is 359. The Hall–Kier alpha value is -1.05. The number of hydrogen-bond donors (Lipinski definition) is 0. The predicted octanol–water partition coefficient (Wildman–Crippen LogP) is 1.83. The fourth-order valence-corrected chi connectivity index (χ4v) is 2.76. The molecule has 1 heterocycles. The molecule has 0 amide bonds. The molecule has 3 aliphatic rings. The molecule has 0 aromatic heterocycles. The molecule has 1 saturated carbocycles. The summed E-state index contributed by atoms with van der Waals surface area (Å²) in [5.41, 5.74) is 4.48. The van der Waals surface area contributed by atoms with Crippen molar-refractivity contribution in [3.63, 3.8) is 0 Å². The topological polar surface area (TPSA) is 35.5 Å². The van der Waals surface area contributed by atoms with E-state index in [1.165, 1.54) is 5.57 Å². The lowest BCUT2D eigenvalue weighted by molar-refractivity contribution is -0.152. The zero-order chi connectivity index (χ0) is 11.0. The second-order valence-electron chi connectivity index (χ2n) is 4.86. The molecule has 1 aliphatic heterocycles. The van der Waals surface area contributed by atoms with Crippen molar-refractivity contribution in [2.24, 2.45) is 11.8 Å². The quantitative estimate of drug-likeness (QED) is 0.537. The minimum atomic E-state index is -0.0479. The predicted molar refractivity (Wildman–Crippen MR) is 57.7 cm³/mol. The molecule has 0 aromatic rings. The summed E-state index contributed by atoms with van der Waals surface area (Å²) in [6.45, 7) is 1.24. The molecule has 3 atom stereocenters. The Morgan fingerprint density at radius 3 is 3.12 bits per heavy atom. The number of rotatable bonds is 3. The van der Waals surface area contributed by atoms with Crippen molar-refractivity contribution in [2.45, 2.75) is 31.8 Å². The number of fused-ring (bicyclic) bond motifs is 2. The third kappa shape index (κ3) is 1.81. The molecule has 0 N–H and O–H groups in total. The van der Waals surface area contributed by atoms with Crippen LogP contribution in [0, 0.1) is 11.8 Å². The summed E-state index contributed by atoms with van der Waals surface area (Å²) >= 11 is 0. The van der Waals surface area contributed by atoms with Crippen LogP contribution in [-0.4, -0.2) is 25.3 Å². The summed E-state index contributed by atoms with van der Waals surface area (Å²) < 4.78 is 10.8. The van der Waals surface area contributed by atoms with Crippen LogP contribution in [0.25, 0.3) is 0 Å². The van der Waals surface area contributed by atoms with Crippen LogP contribution in [0.4, 0.5) is 0 Å². The largest absolute Gasteiger partial charge is 0.463 e. The molecule has 3 nitrogen and oxygen atoms in total. The Morgan fingerprint density at radius 1 is 1.56 bits per heavy atom. The highest BCUT2D eigenvalue weighted by Gasteiger charge is 2.38. The highest BCUT2D eigenvalue weighted by Crippen LogP contribution is 2.40. The number of hydrogen-bond acceptors (Lipinski definition) is 3. The van der Waals surface area contributed by atoms with E-state index in [0.717, 1.165) is 32.3 Å². The summed E-state index contributed by atoms with van der Waals surface area (Å²) in [7, 11) is 0. The molecule has 2 fully saturated rings. The lowest BCUT2D eigenvalue weighted by Crippen LogP contribution is -2.25. The molecular weight excluding hydrogens is 204 g/mol. The molecule has 1 saturated heterocycles. The second-order valence-corrected chi connectivity index (χ2v) is 4.86. The normalized spacial score (nSPS) is 35.5. The van der Waals surface area contributed by atoms with Crippen molar-refractivity contribution >= 4 is 5.97 Å². The van der Waals surface area contributed by atoms with Gasteiger partial charge in [0.05, 0.1) is 12.0 Å². The smallest absolute Gasteiger partial charge is 0.310 e. The van der Waals surface area contributed by atoms with Crippen molar-refractivity contribution in [3.05, 3.63) is 17.4 Å². The summed E-state index contributed by atoms with van der Waals surface area (Å²) in [6.07, 6.45) is 6.13. The molecule has 3 rings (SSSR count).